The number of nitrogens with zero attached hydrogens (tertiary/aromatic N) is 2. The highest BCUT2D eigenvalue weighted by atomic mass is 19.4. The smallest absolute Gasteiger partial charge is 0.406 e. The molecule has 1 heterocycles. The highest BCUT2D eigenvalue weighted by Gasteiger charge is 2.35. The van der Waals surface area contributed by atoms with Crippen LogP contribution in [0.1, 0.15) is 18.1 Å². The second kappa shape index (κ2) is 9.22. The summed E-state index contributed by atoms with van der Waals surface area (Å²) >= 11 is 0. The lowest BCUT2D eigenvalue weighted by Gasteiger charge is -2.20. The van der Waals surface area contributed by atoms with Crippen LogP contribution < -0.4 is 20.8 Å². The van der Waals surface area contributed by atoms with Gasteiger partial charge in [0.15, 0.2) is 0 Å². The summed E-state index contributed by atoms with van der Waals surface area (Å²) in [6, 6.07) is 8.67. The molecule has 0 spiro atoms. The van der Waals surface area contributed by atoms with Crippen molar-refractivity contribution in [1.29, 1.82) is 0 Å². The molecule has 8 nitrogen and oxygen atoms in total. The van der Waals surface area contributed by atoms with Crippen molar-refractivity contribution in [3.05, 3.63) is 59.9 Å². The topological polar surface area (TPSA) is 117 Å². The summed E-state index contributed by atoms with van der Waals surface area (Å²) in [6.45, 7) is -0.269. The molecular formula is C20H18F4N4O4. The molecule has 0 saturated heterocycles. The number of rotatable bonds is 7. The number of halogens is 4. The molecule has 0 radical (unpaired) electrons. The van der Waals surface area contributed by atoms with Gasteiger partial charge in [0.1, 0.15) is 23.3 Å². The molecule has 0 aromatic heterocycles. The summed E-state index contributed by atoms with van der Waals surface area (Å²) in [6.07, 6.45) is -6.15. The number of aliphatic hydroxyl groups excluding tert-OH is 1. The minimum atomic E-state index is -4.83. The molecular weight excluding hydrogens is 436 g/mol. The number of nitrogens with one attached hydrogen (secondary N) is 1. The van der Waals surface area contributed by atoms with Gasteiger partial charge in [-0.05, 0) is 42.0 Å². The molecule has 2 atom stereocenters. The number of anilines is 1. The monoisotopic (exact) mass is 454 g/mol. The lowest BCUT2D eigenvalue weighted by Crippen LogP contribution is -2.40. The van der Waals surface area contributed by atoms with Gasteiger partial charge >= 0.3 is 6.36 Å². The van der Waals surface area contributed by atoms with Crippen LogP contribution >= 0.6 is 0 Å². The SMILES string of the molecule is NC(=O)C1CC(C(=O)NCC(O)c2ccc(OC(F)(F)F)cc2)=NN1c1ccc(F)cc1. The Balaban J connectivity index is 1.63. The van der Waals surface area contributed by atoms with Gasteiger partial charge in [0.25, 0.3) is 5.91 Å². The molecule has 2 aromatic rings. The van der Waals surface area contributed by atoms with Crippen molar-refractivity contribution < 1.29 is 37.0 Å². The Morgan fingerprint density at radius 3 is 2.38 bits per heavy atom. The van der Waals surface area contributed by atoms with Crippen LogP contribution in [0.25, 0.3) is 0 Å². The number of aliphatic hydroxyl groups is 1. The molecule has 0 saturated carbocycles. The maximum Gasteiger partial charge on any atom is 0.573 e. The van der Waals surface area contributed by atoms with Gasteiger partial charge in [0.05, 0.1) is 11.8 Å². The summed E-state index contributed by atoms with van der Waals surface area (Å²) in [5, 5.41) is 18.0. The molecule has 0 fully saturated rings. The molecule has 1 aliphatic heterocycles. The fraction of sp³-hybridized carbons (Fsp3) is 0.250. The van der Waals surface area contributed by atoms with Crippen LogP contribution in [-0.2, 0) is 9.59 Å². The number of benzene rings is 2. The second-order valence-corrected chi connectivity index (χ2v) is 6.83. The van der Waals surface area contributed by atoms with Crippen LogP contribution in [0.4, 0.5) is 23.2 Å². The normalized spacial score (nSPS) is 17.0. The van der Waals surface area contributed by atoms with Crippen molar-refractivity contribution >= 4 is 23.2 Å². The van der Waals surface area contributed by atoms with Gasteiger partial charge in [-0.1, -0.05) is 12.1 Å². The number of hydrogen-bond donors (Lipinski definition) is 3. The number of alkyl halides is 3. The fourth-order valence-electron chi connectivity index (χ4n) is 3.00. The van der Waals surface area contributed by atoms with E-state index in [1.54, 1.807) is 0 Å². The zero-order valence-electron chi connectivity index (χ0n) is 16.3. The van der Waals surface area contributed by atoms with E-state index >= 15 is 0 Å². The zero-order valence-corrected chi connectivity index (χ0v) is 16.3. The number of ether oxygens (including phenoxy) is 1. The van der Waals surface area contributed by atoms with Crippen molar-refractivity contribution in [2.75, 3.05) is 11.6 Å². The standard InChI is InChI=1S/C20H18F4N4O4/c21-12-3-5-13(6-4-12)28-16(18(25)30)9-15(27-28)19(31)26-10-17(29)11-1-7-14(8-2-11)32-20(22,23)24/h1-8,16-17,29H,9-10H2,(H2,25,30)(H,26,31). The number of hydrogen-bond acceptors (Lipinski definition) is 6. The Bertz CT molecular complexity index is 1010. The summed E-state index contributed by atoms with van der Waals surface area (Å²) in [5.74, 6) is -2.34. The quantitative estimate of drug-likeness (QED) is 0.554. The number of amides is 2. The lowest BCUT2D eigenvalue weighted by molar-refractivity contribution is -0.274. The number of hydrazone groups is 1. The van der Waals surface area contributed by atoms with Crippen LogP contribution in [0.3, 0.4) is 0 Å². The molecule has 2 unspecified atom stereocenters. The van der Waals surface area contributed by atoms with Crippen molar-refractivity contribution in [3.8, 4) is 5.75 Å². The fourth-order valence-corrected chi connectivity index (χ4v) is 3.00. The summed E-state index contributed by atoms with van der Waals surface area (Å²) < 4.78 is 53.5. The predicted octanol–water partition coefficient (Wildman–Crippen LogP) is 1.99. The first kappa shape index (κ1) is 23.0. The van der Waals surface area contributed by atoms with Crippen molar-refractivity contribution in [3.63, 3.8) is 0 Å². The van der Waals surface area contributed by atoms with E-state index in [0.29, 0.717) is 5.69 Å². The van der Waals surface area contributed by atoms with Crippen molar-refractivity contribution in [1.82, 2.24) is 5.32 Å². The van der Waals surface area contributed by atoms with Gasteiger partial charge in [-0.3, -0.25) is 14.6 Å². The number of nitrogens with two attached hydrogens (primary N) is 1. The predicted molar refractivity (Wildman–Crippen MR) is 105 cm³/mol. The molecule has 4 N–H and O–H groups in total. The average Bonchev–Trinajstić information content (AvgIpc) is 3.17. The molecule has 3 rings (SSSR count). The number of primary amides is 1. The van der Waals surface area contributed by atoms with Crippen LogP contribution in [0.2, 0.25) is 0 Å². The molecule has 2 aromatic carbocycles. The zero-order chi connectivity index (χ0) is 23.5. The lowest BCUT2D eigenvalue weighted by atomic mass is 10.1. The van der Waals surface area contributed by atoms with E-state index in [1.807, 2.05) is 0 Å². The van der Waals surface area contributed by atoms with Gasteiger partial charge in [-0.25, -0.2) is 4.39 Å². The largest absolute Gasteiger partial charge is 0.573 e. The first-order valence-corrected chi connectivity index (χ1v) is 9.27. The third-order valence-electron chi connectivity index (χ3n) is 4.55. The third kappa shape index (κ3) is 5.72. The molecule has 2 amide bonds. The minimum absolute atomic E-state index is 0.0285. The minimum Gasteiger partial charge on any atom is -0.406 e. The Morgan fingerprint density at radius 2 is 1.81 bits per heavy atom. The van der Waals surface area contributed by atoms with Crippen LogP contribution in [0.5, 0.6) is 5.75 Å². The number of carbonyl (C=O) groups is 2. The van der Waals surface area contributed by atoms with E-state index in [4.69, 9.17) is 5.73 Å². The molecule has 0 bridgehead atoms. The van der Waals surface area contributed by atoms with Gasteiger partial charge in [-0.15, -0.1) is 13.2 Å². The molecule has 12 heteroatoms. The summed E-state index contributed by atoms with van der Waals surface area (Å²) in [7, 11) is 0. The van der Waals surface area contributed by atoms with E-state index in [-0.39, 0.29) is 24.2 Å². The van der Waals surface area contributed by atoms with E-state index in [0.717, 1.165) is 12.1 Å². The molecule has 1 aliphatic rings. The van der Waals surface area contributed by atoms with E-state index in [9.17, 15) is 32.3 Å². The Hall–Kier alpha value is -3.67. The Kier molecular flexibility index (Phi) is 6.63. The second-order valence-electron chi connectivity index (χ2n) is 6.83. The van der Waals surface area contributed by atoms with Gasteiger partial charge in [0.2, 0.25) is 5.91 Å². The maximum atomic E-state index is 13.2. The van der Waals surface area contributed by atoms with E-state index in [1.165, 1.54) is 41.4 Å². The summed E-state index contributed by atoms with van der Waals surface area (Å²) in [4.78, 5) is 24.2. The van der Waals surface area contributed by atoms with E-state index < -0.39 is 41.9 Å². The first-order valence-electron chi connectivity index (χ1n) is 9.27. The number of carbonyl (C=O) groups excluding carboxylic acids is 2. The Morgan fingerprint density at radius 1 is 1.19 bits per heavy atom. The van der Waals surface area contributed by atoms with Crippen molar-refractivity contribution in [2.24, 2.45) is 10.8 Å². The van der Waals surface area contributed by atoms with E-state index in [2.05, 4.69) is 15.2 Å². The highest BCUT2D eigenvalue weighted by Crippen LogP contribution is 2.26. The summed E-state index contributed by atoms with van der Waals surface area (Å²) in [5.41, 5.74) is 5.96. The average molecular weight is 454 g/mol. The van der Waals surface area contributed by atoms with Crippen LogP contribution in [-0.4, -0.2) is 41.6 Å². The van der Waals surface area contributed by atoms with Gasteiger partial charge < -0.3 is 20.9 Å². The maximum absolute atomic E-state index is 13.2. The Labute approximate surface area is 179 Å². The highest BCUT2D eigenvalue weighted by molar-refractivity contribution is 6.40. The molecule has 32 heavy (non-hydrogen) atoms. The van der Waals surface area contributed by atoms with Crippen LogP contribution in [0.15, 0.2) is 53.6 Å². The molecule has 170 valence electrons. The van der Waals surface area contributed by atoms with Crippen molar-refractivity contribution in [2.45, 2.75) is 24.9 Å². The van der Waals surface area contributed by atoms with Crippen LogP contribution in [0, 0.1) is 5.82 Å². The van der Waals surface area contributed by atoms with Gasteiger partial charge in [-0.2, -0.15) is 5.10 Å². The van der Waals surface area contributed by atoms with Gasteiger partial charge in [0, 0.05) is 13.0 Å². The molecule has 0 aliphatic carbocycles. The third-order valence-corrected chi connectivity index (χ3v) is 4.55. The first-order chi connectivity index (χ1) is 15.0.